The SMILES string of the molecule is CN1CCN(c2ccc(-c3cnc4[nH]cc(C(=O)N[C@@H](C(=O)N5CC(C#N)C5)C5CC5)c4n3)cc2)CC1. The average molecular weight is 499 g/mol. The van der Waals surface area contributed by atoms with Crippen LogP contribution in [0.2, 0.25) is 0 Å². The van der Waals surface area contributed by atoms with E-state index in [1.807, 2.05) is 12.1 Å². The molecule has 190 valence electrons. The zero-order chi connectivity index (χ0) is 25.5. The Labute approximate surface area is 215 Å². The Bertz CT molecular complexity index is 1360. The number of aromatic amines is 1. The molecule has 2 amide bonds. The number of nitrogens with zero attached hydrogens (tertiary/aromatic N) is 6. The highest BCUT2D eigenvalue weighted by molar-refractivity contribution is 6.06. The van der Waals surface area contributed by atoms with Gasteiger partial charge in [0.15, 0.2) is 5.65 Å². The Balaban J connectivity index is 1.19. The number of nitrogens with one attached hydrogen (secondary N) is 2. The molecule has 1 saturated carbocycles. The molecule has 6 rings (SSSR count). The van der Waals surface area contributed by atoms with Gasteiger partial charge in [0, 0.05) is 56.7 Å². The summed E-state index contributed by atoms with van der Waals surface area (Å²) in [5.74, 6) is -0.416. The van der Waals surface area contributed by atoms with Crippen molar-refractivity contribution in [3.05, 3.63) is 42.2 Å². The monoisotopic (exact) mass is 498 g/mol. The Hall–Kier alpha value is -3.97. The van der Waals surface area contributed by atoms with Gasteiger partial charge in [-0.2, -0.15) is 5.26 Å². The molecule has 4 heterocycles. The molecule has 3 aromatic rings. The fourth-order valence-corrected chi connectivity index (χ4v) is 5.08. The summed E-state index contributed by atoms with van der Waals surface area (Å²) in [6, 6.07) is 9.91. The first-order valence-electron chi connectivity index (χ1n) is 12.9. The molecule has 2 aromatic heterocycles. The number of anilines is 1. The number of likely N-dealkylation sites (tertiary alicyclic amines) is 1. The van der Waals surface area contributed by atoms with Crippen LogP contribution in [-0.2, 0) is 4.79 Å². The highest BCUT2D eigenvalue weighted by Crippen LogP contribution is 2.35. The number of nitriles is 1. The average Bonchev–Trinajstić information content (AvgIpc) is 3.65. The van der Waals surface area contributed by atoms with Crippen molar-refractivity contribution < 1.29 is 9.59 Å². The van der Waals surface area contributed by atoms with Crippen molar-refractivity contribution in [2.75, 3.05) is 51.2 Å². The van der Waals surface area contributed by atoms with Gasteiger partial charge in [0.05, 0.1) is 29.4 Å². The predicted molar refractivity (Wildman–Crippen MR) is 139 cm³/mol. The molecular formula is C27H30N8O2. The Morgan fingerprint density at radius 3 is 2.54 bits per heavy atom. The highest BCUT2D eigenvalue weighted by Gasteiger charge is 2.43. The van der Waals surface area contributed by atoms with Gasteiger partial charge in [-0.25, -0.2) is 9.97 Å². The largest absolute Gasteiger partial charge is 0.369 e. The molecule has 0 radical (unpaired) electrons. The van der Waals surface area contributed by atoms with Crippen LogP contribution in [-0.4, -0.2) is 88.9 Å². The lowest BCUT2D eigenvalue weighted by Gasteiger charge is -2.37. The normalized spacial score (nSPS) is 19.4. The molecule has 0 bridgehead atoms. The van der Waals surface area contributed by atoms with Crippen molar-refractivity contribution in [1.82, 2.24) is 30.1 Å². The zero-order valence-electron chi connectivity index (χ0n) is 20.9. The van der Waals surface area contributed by atoms with E-state index in [1.165, 1.54) is 5.69 Å². The smallest absolute Gasteiger partial charge is 0.255 e. The highest BCUT2D eigenvalue weighted by atomic mass is 16.2. The molecule has 1 atom stereocenters. The molecule has 0 unspecified atom stereocenters. The standard InChI is InChI=1S/C27H30N8O2/c1-33-8-10-34(11-9-33)20-6-4-18(5-7-20)22-14-30-25-24(31-22)21(13-29-25)26(36)32-23(19-2-3-19)27(37)35-15-17(12-28)16-35/h4-7,13-14,17,19,23H,2-3,8-11,15-16H2,1H3,(H,29,30)(H,32,36)/t23-/m1/s1. The molecule has 10 heteroatoms. The van der Waals surface area contributed by atoms with Crippen molar-refractivity contribution in [2.45, 2.75) is 18.9 Å². The summed E-state index contributed by atoms with van der Waals surface area (Å²) in [7, 11) is 2.14. The quantitative estimate of drug-likeness (QED) is 0.532. The van der Waals surface area contributed by atoms with E-state index >= 15 is 0 Å². The fourth-order valence-electron chi connectivity index (χ4n) is 5.08. The number of rotatable bonds is 6. The van der Waals surface area contributed by atoms with Gasteiger partial charge < -0.3 is 25.0 Å². The molecule has 2 aliphatic heterocycles. The zero-order valence-corrected chi connectivity index (χ0v) is 20.9. The van der Waals surface area contributed by atoms with E-state index in [9.17, 15) is 9.59 Å². The number of carbonyl (C=O) groups excluding carboxylic acids is 2. The molecule has 0 spiro atoms. The van der Waals surface area contributed by atoms with E-state index in [4.69, 9.17) is 10.2 Å². The van der Waals surface area contributed by atoms with E-state index in [1.54, 1.807) is 17.3 Å². The van der Waals surface area contributed by atoms with Gasteiger partial charge in [0.1, 0.15) is 11.6 Å². The second kappa shape index (κ2) is 9.48. The second-order valence-electron chi connectivity index (χ2n) is 10.3. The van der Waals surface area contributed by atoms with Crippen LogP contribution in [0.4, 0.5) is 5.69 Å². The van der Waals surface area contributed by atoms with Crippen LogP contribution in [0.25, 0.3) is 22.4 Å². The van der Waals surface area contributed by atoms with Crippen LogP contribution in [0.1, 0.15) is 23.2 Å². The summed E-state index contributed by atoms with van der Waals surface area (Å²) < 4.78 is 0. The maximum absolute atomic E-state index is 13.3. The predicted octanol–water partition coefficient (Wildman–Crippen LogP) is 1.87. The number of hydrogen-bond donors (Lipinski definition) is 2. The minimum Gasteiger partial charge on any atom is -0.369 e. The number of likely N-dealkylation sites (N-methyl/N-ethyl adjacent to an activating group) is 1. The van der Waals surface area contributed by atoms with Crippen molar-refractivity contribution in [3.63, 3.8) is 0 Å². The van der Waals surface area contributed by atoms with Crippen LogP contribution in [0, 0.1) is 23.2 Å². The lowest BCUT2D eigenvalue weighted by molar-refractivity contribution is -0.138. The van der Waals surface area contributed by atoms with Gasteiger partial charge in [-0.15, -0.1) is 0 Å². The molecule has 3 fully saturated rings. The number of H-pyrrole nitrogens is 1. The van der Waals surface area contributed by atoms with Gasteiger partial charge in [0.2, 0.25) is 5.91 Å². The number of fused-ring (bicyclic) bond motifs is 1. The Morgan fingerprint density at radius 2 is 1.86 bits per heavy atom. The number of carbonyl (C=O) groups is 2. The van der Waals surface area contributed by atoms with Crippen molar-refractivity contribution in [3.8, 4) is 17.3 Å². The Morgan fingerprint density at radius 1 is 1.14 bits per heavy atom. The van der Waals surface area contributed by atoms with Crippen LogP contribution in [0.15, 0.2) is 36.7 Å². The van der Waals surface area contributed by atoms with Crippen molar-refractivity contribution in [2.24, 2.45) is 11.8 Å². The number of hydrogen-bond acceptors (Lipinski definition) is 7. The number of amides is 2. The fraction of sp³-hybridized carbons (Fsp3) is 0.444. The first-order chi connectivity index (χ1) is 18.0. The third-order valence-corrected chi connectivity index (χ3v) is 7.68. The van der Waals surface area contributed by atoms with Crippen LogP contribution in [0.3, 0.4) is 0 Å². The van der Waals surface area contributed by atoms with E-state index < -0.39 is 6.04 Å². The van der Waals surface area contributed by atoms with Gasteiger partial charge in [-0.1, -0.05) is 12.1 Å². The van der Waals surface area contributed by atoms with Gasteiger partial charge >= 0.3 is 0 Å². The third kappa shape index (κ3) is 4.62. The molecule has 1 aliphatic carbocycles. The van der Waals surface area contributed by atoms with Gasteiger partial charge in [0.25, 0.3) is 5.91 Å². The molecular weight excluding hydrogens is 468 g/mol. The maximum Gasteiger partial charge on any atom is 0.255 e. The second-order valence-corrected chi connectivity index (χ2v) is 10.3. The van der Waals surface area contributed by atoms with Gasteiger partial charge in [-0.05, 0) is 37.9 Å². The van der Waals surface area contributed by atoms with E-state index in [0.717, 1.165) is 44.6 Å². The van der Waals surface area contributed by atoms with Crippen LogP contribution in [0.5, 0.6) is 0 Å². The summed E-state index contributed by atoms with van der Waals surface area (Å²) in [6.45, 7) is 4.98. The minimum absolute atomic E-state index is 0.102. The topological polar surface area (TPSA) is 121 Å². The summed E-state index contributed by atoms with van der Waals surface area (Å²) in [4.78, 5) is 44.9. The van der Waals surface area contributed by atoms with E-state index in [-0.39, 0.29) is 23.7 Å². The molecule has 2 saturated heterocycles. The first-order valence-corrected chi connectivity index (χ1v) is 12.9. The number of piperazine rings is 1. The summed E-state index contributed by atoms with van der Waals surface area (Å²) >= 11 is 0. The Kier molecular flexibility index (Phi) is 6.00. The molecule has 10 nitrogen and oxygen atoms in total. The van der Waals surface area contributed by atoms with Gasteiger partial charge in [-0.3, -0.25) is 9.59 Å². The summed E-state index contributed by atoms with van der Waals surface area (Å²) in [6.07, 6.45) is 5.13. The third-order valence-electron chi connectivity index (χ3n) is 7.68. The minimum atomic E-state index is -0.574. The number of benzene rings is 1. The lowest BCUT2D eigenvalue weighted by atomic mass is 9.99. The van der Waals surface area contributed by atoms with Crippen LogP contribution >= 0.6 is 0 Å². The molecule has 2 N–H and O–H groups in total. The van der Waals surface area contributed by atoms with Crippen LogP contribution < -0.4 is 10.2 Å². The summed E-state index contributed by atoms with van der Waals surface area (Å²) in [5, 5.41) is 12.0. The molecule has 1 aromatic carbocycles. The van der Waals surface area contributed by atoms with Crippen molar-refractivity contribution in [1.29, 1.82) is 5.26 Å². The maximum atomic E-state index is 13.3. The lowest BCUT2D eigenvalue weighted by Crippen LogP contribution is -2.57. The molecule has 37 heavy (non-hydrogen) atoms. The van der Waals surface area contributed by atoms with E-state index in [2.05, 4.69) is 50.3 Å². The summed E-state index contributed by atoms with van der Waals surface area (Å²) in [5.41, 5.74) is 4.17. The molecule has 3 aliphatic rings. The first kappa shape index (κ1) is 23.4. The van der Waals surface area contributed by atoms with E-state index in [0.29, 0.717) is 35.5 Å². The number of aromatic nitrogens is 3. The van der Waals surface area contributed by atoms with Crippen molar-refractivity contribution >= 4 is 28.7 Å².